The van der Waals surface area contributed by atoms with Gasteiger partial charge in [0.15, 0.2) is 5.82 Å². The summed E-state index contributed by atoms with van der Waals surface area (Å²) >= 11 is 0. The smallest absolute Gasteiger partial charge is 0.257 e. The van der Waals surface area contributed by atoms with Gasteiger partial charge in [0.05, 0.1) is 0 Å². The minimum atomic E-state index is 0.371. The van der Waals surface area contributed by atoms with Crippen LogP contribution in [0.3, 0.4) is 0 Å². The minimum absolute atomic E-state index is 0.371. The molecule has 0 radical (unpaired) electrons. The van der Waals surface area contributed by atoms with Gasteiger partial charge < -0.3 is 9.26 Å². The predicted octanol–water partition coefficient (Wildman–Crippen LogP) is 4.78. The largest absolute Gasteiger partial charge is 0.381 e. The van der Waals surface area contributed by atoms with Crippen molar-refractivity contribution >= 4 is 0 Å². The van der Waals surface area contributed by atoms with Crippen molar-refractivity contribution in [2.24, 2.45) is 0 Å². The molecule has 1 aliphatic rings. The fourth-order valence-corrected chi connectivity index (χ4v) is 2.48. The molecule has 1 saturated heterocycles. The van der Waals surface area contributed by atoms with Crippen LogP contribution in [0.5, 0.6) is 0 Å². The molecule has 0 N–H and O–H groups in total. The predicted molar refractivity (Wildman–Crippen MR) is 88.0 cm³/mol. The van der Waals surface area contributed by atoms with Crippen LogP contribution in [0.25, 0.3) is 11.5 Å². The van der Waals surface area contributed by atoms with Crippen molar-refractivity contribution in [1.29, 1.82) is 0 Å². The third-order valence-electron chi connectivity index (χ3n) is 3.85. The van der Waals surface area contributed by atoms with E-state index in [9.17, 15) is 0 Å². The lowest BCUT2D eigenvalue weighted by Crippen LogP contribution is -2.15. The summed E-state index contributed by atoms with van der Waals surface area (Å²) in [6.45, 7) is 9.95. The molecule has 4 heteroatoms. The molecular weight excluding hydrogens is 276 g/mol. The fraction of sp³-hybridized carbons (Fsp3) is 0.556. The zero-order chi connectivity index (χ0) is 15.9. The molecule has 1 aromatic heterocycles. The Hall–Kier alpha value is -1.68. The van der Waals surface area contributed by atoms with Gasteiger partial charge in [0, 0.05) is 24.7 Å². The summed E-state index contributed by atoms with van der Waals surface area (Å²) in [5.41, 5.74) is 2.30. The summed E-state index contributed by atoms with van der Waals surface area (Å²) in [6.07, 6.45) is 1.95. The molecule has 0 unspecified atom stereocenters. The van der Waals surface area contributed by atoms with Gasteiger partial charge in [-0.3, -0.25) is 0 Å². The zero-order valence-corrected chi connectivity index (χ0v) is 14.0. The first-order valence-electron chi connectivity index (χ1n) is 8.25. The van der Waals surface area contributed by atoms with E-state index < -0.39 is 0 Å². The van der Waals surface area contributed by atoms with Gasteiger partial charge in [-0.05, 0) is 36.5 Å². The normalized spacial score (nSPS) is 15.5. The quantitative estimate of drug-likeness (QED) is 0.818. The number of ether oxygens (including phenoxy) is 1. The van der Waals surface area contributed by atoms with E-state index in [2.05, 4.69) is 48.3 Å². The maximum atomic E-state index is 5.40. The second-order valence-electron chi connectivity index (χ2n) is 5.62. The third kappa shape index (κ3) is 3.95. The van der Waals surface area contributed by atoms with Crippen LogP contribution in [0.15, 0.2) is 28.8 Å². The lowest BCUT2D eigenvalue weighted by atomic mass is 10.00. The molecule has 1 fully saturated rings. The topological polar surface area (TPSA) is 48.2 Å². The van der Waals surface area contributed by atoms with Crippen molar-refractivity contribution in [3.8, 4) is 11.5 Å². The maximum Gasteiger partial charge on any atom is 0.257 e. The zero-order valence-electron chi connectivity index (χ0n) is 14.0. The van der Waals surface area contributed by atoms with Crippen LogP contribution in [0.2, 0.25) is 0 Å². The highest BCUT2D eigenvalue weighted by molar-refractivity contribution is 5.53. The molecule has 0 saturated carbocycles. The van der Waals surface area contributed by atoms with Gasteiger partial charge in [0.1, 0.15) is 0 Å². The van der Waals surface area contributed by atoms with Gasteiger partial charge in [-0.25, -0.2) is 0 Å². The van der Waals surface area contributed by atoms with Crippen molar-refractivity contribution in [1.82, 2.24) is 10.1 Å². The molecule has 0 aliphatic carbocycles. The molecule has 0 atom stereocenters. The molecule has 2 aromatic rings. The first-order chi connectivity index (χ1) is 10.7. The van der Waals surface area contributed by atoms with E-state index in [-0.39, 0.29) is 0 Å². The Morgan fingerprint density at radius 1 is 1.05 bits per heavy atom. The Bertz CT molecular complexity index is 555. The highest BCUT2D eigenvalue weighted by Gasteiger charge is 2.21. The van der Waals surface area contributed by atoms with Crippen LogP contribution in [-0.2, 0) is 4.74 Å². The van der Waals surface area contributed by atoms with E-state index in [0.29, 0.717) is 17.7 Å². The summed E-state index contributed by atoms with van der Waals surface area (Å²) in [6, 6.07) is 8.35. The van der Waals surface area contributed by atoms with Crippen molar-refractivity contribution in [2.75, 3.05) is 13.2 Å². The Morgan fingerprint density at radius 2 is 1.68 bits per heavy atom. The lowest BCUT2D eigenvalue weighted by Gasteiger charge is -2.18. The van der Waals surface area contributed by atoms with Crippen molar-refractivity contribution in [3.05, 3.63) is 35.7 Å². The Balaban J connectivity index is 0.000000847. The number of aromatic nitrogens is 2. The first-order valence-corrected chi connectivity index (χ1v) is 8.25. The molecule has 1 aromatic carbocycles. The molecule has 0 spiro atoms. The van der Waals surface area contributed by atoms with Gasteiger partial charge in [0.25, 0.3) is 5.89 Å². The van der Waals surface area contributed by atoms with Crippen LogP contribution >= 0.6 is 0 Å². The van der Waals surface area contributed by atoms with Gasteiger partial charge in [0.2, 0.25) is 0 Å². The summed E-state index contributed by atoms with van der Waals surface area (Å²) in [5.74, 6) is 2.33. The minimum Gasteiger partial charge on any atom is -0.381 e. The molecule has 0 bridgehead atoms. The van der Waals surface area contributed by atoms with Gasteiger partial charge >= 0.3 is 0 Å². The van der Waals surface area contributed by atoms with Crippen LogP contribution in [0.1, 0.15) is 63.8 Å². The molecule has 0 amide bonds. The fourth-order valence-electron chi connectivity index (χ4n) is 2.48. The SMILES string of the molecule is CC.CC(C)c1ccc(-c2nc(C3CCOCC3)no2)cc1. The molecule has 22 heavy (non-hydrogen) atoms. The van der Waals surface area contributed by atoms with Gasteiger partial charge in [-0.1, -0.05) is 45.0 Å². The highest BCUT2D eigenvalue weighted by Crippen LogP contribution is 2.27. The molecular formula is C18H26N2O2. The summed E-state index contributed by atoms with van der Waals surface area (Å²) in [7, 11) is 0. The maximum absolute atomic E-state index is 5.40. The molecule has 3 rings (SSSR count). The van der Waals surface area contributed by atoms with Crippen LogP contribution in [0.4, 0.5) is 0 Å². The number of nitrogens with zero attached hydrogens (tertiary/aromatic N) is 2. The second-order valence-corrected chi connectivity index (χ2v) is 5.62. The number of hydrogen-bond acceptors (Lipinski definition) is 4. The van der Waals surface area contributed by atoms with Gasteiger partial charge in [-0.2, -0.15) is 4.98 Å². The van der Waals surface area contributed by atoms with E-state index in [4.69, 9.17) is 9.26 Å². The monoisotopic (exact) mass is 302 g/mol. The molecule has 4 nitrogen and oxygen atoms in total. The van der Waals surface area contributed by atoms with E-state index in [1.165, 1.54) is 5.56 Å². The van der Waals surface area contributed by atoms with Crippen LogP contribution < -0.4 is 0 Å². The number of rotatable bonds is 3. The third-order valence-corrected chi connectivity index (χ3v) is 3.85. The van der Waals surface area contributed by atoms with E-state index in [1.54, 1.807) is 0 Å². The Labute approximate surface area is 132 Å². The van der Waals surface area contributed by atoms with Crippen LogP contribution in [0, 0.1) is 0 Å². The summed E-state index contributed by atoms with van der Waals surface area (Å²) in [5, 5.41) is 4.13. The van der Waals surface area contributed by atoms with Crippen molar-refractivity contribution in [2.45, 2.75) is 52.4 Å². The molecule has 1 aliphatic heterocycles. The van der Waals surface area contributed by atoms with E-state index in [0.717, 1.165) is 37.4 Å². The Kier molecular flexibility index (Phi) is 6.13. The standard InChI is InChI=1S/C16H20N2O2.C2H6/c1-11(2)12-3-5-14(6-4-12)16-17-15(18-20-16)13-7-9-19-10-8-13;1-2/h3-6,11,13H,7-10H2,1-2H3;1-2H3. The van der Waals surface area contributed by atoms with E-state index >= 15 is 0 Å². The number of hydrogen-bond donors (Lipinski definition) is 0. The first kappa shape index (κ1) is 16.7. The second kappa shape index (κ2) is 8.08. The van der Waals surface area contributed by atoms with Gasteiger partial charge in [-0.15, -0.1) is 0 Å². The van der Waals surface area contributed by atoms with Crippen LogP contribution in [-0.4, -0.2) is 23.4 Å². The Morgan fingerprint density at radius 3 is 2.27 bits per heavy atom. The highest BCUT2D eigenvalue weighted by atomic mass is 16.5. The summed E-state index contributed by atoms with van der Waals surface area (Å²) < 4.78 is 10.8. The van der Waals surface area contributed by atoms with Crippen molar-refractivity contribution < 1.29 is 9.26 Å². The lowest BCUT2D eigenvalue weighted by molar-refractivity contribution is 0.0830. The molecule has 120 valence electrons. The summed E-state index contributed by atoms with van der Waals surface area (Å²) in [4.78, 5) is 4.55. The van der Waals surface area contributed by atoms with E-state index in [1.807, 2.05) is 13.8 Å². The molecule has 2 heterocycles. The van der Waals surface area contributed by atoms with Crippen molar-refractivity contribution in [3.63, 3.8) is 0 Å². The average Bonchev–Trinajstić information content (AvgIpc) is 3.08. The number of benzene rings is 1. The average molecular weight is 302 g/mol.